The zero-order valence-corrected chi connectivity index (χ0v) is 16.9. The molecule has 0 aliphatic heterocycles. The predicted octanol–water partition coefficient (Wildman–Crippen LogP) is 4.10. The number of nitrogens with one attached hydrogen (secondary N) is 1. The van der Waals surface area contributed by atoms with Crippen molar-refractivity contribution in [2.24, 2.45) is 0 Å². The molecule has 2 aliphatic rings. The quantitative estimate of drug-likeness (QED) is 0.829. The van der Waals surface area contributed by atoms with Crippen LogP contribution in [0.2, 0.25) is 0 Å². The zero-order valence-electron chi connectivity index (χ0n) is 16.9. The molecule has 1 N–H and O–H groups in total. The highest BCUT2D eigenvalue weighted by Crippen LogP contribution is 2.28. The minimum atomic E-state index is -0.439. The number of hydrogen-bond donors (Lipinski definition) is 1. The second-order valence-corrected chi connectivity index (χ2v) is 8.16. The van der Waals surface area contributed by atoms with Crippen molar-refractivity contribution in [2.45, 2.75) is 57.5 Å². The van der Waals surface area contributed by atoms with Gasteiger partial charge in [0.05, 0.1) is 11.3 Å². The van der Waals surface area contributed by atoms with Gasteiger partial charge in [-0.25, -0.2) is 4.39 Å². The summed E-state index contributed by atoms with van der Waals surface area (Å²) >= 11 is 0. The van der Waals surface area contributed by atoms with E-state index in [2.05, 4.69) is 10.3 Å². The van der Waals surface area contributed by atoms with Gasteiger partial charge in [0.25, 0.3) is 11.8 Å². The Kier molecular flexibility index (Phi) is 5.35. The first kappa shape index (κ1) is 19.6. The Labute approximate surface area is 170 Å². The summed E-state index contributed by atoms with van der Waals surface area (Å²) in [6.07, 6.45) is 7.89. The number of rotatable bonds is 5. The van der Waals surface area contributed by atoms with Gasteiger partial charge in [-0.3, -0.25) is 14.6 Å². The summed E-state index contributed by atoms with van der Waals surface area (Å²) in [5.41, 5.74) is 2.35. The lowest BCUT2D eigenvalue weighted by Gasteiger charge is -2.24. The number of carbonyl (C=O) groups is 2. The summed E-state index contributed by atoms with van der Waals surface area (Å²) in [7, 11) is 1.84. The molecule has 152 valence electrons. The van der Waals surface area contributed by atoms with Crippen molar-refractivity contribution in [3.05, 3.63) is 53.0 Å². The molecule has 0 spiro atoms. The van der Waals surface area contributed by atoms with E-state index in [0.29, 0.717) is 28.4 Å². The summed E-state index contributed by atoms with van der Waals surface area (Å²) < 4.78 is 14.5. The minimum absolute atomic E-state index is 0.0450. The van der Waals surface area contributed by atoms with E-state index in [9.17, 15) is 14.0 Å². The Morgan fingerprint density at radius 3 is 2.45 bits per heavy atom. The van der Waals surface area contributed by atoms with Crippen LogP contribution in [-0.2, 0) is 0 Å². The Balaban J connectivity index is 1.57. The SMILES string of the molecule is Cc1c(F)cc(C(=O)NC2CC2)cc1-c1ccc(C(=O)N(C)C2CCCC2)cn1. The fraction of sp³-hybridized carbons (Fsp3) is 0.435. The lowest BCUT2D eigenvalue weighted by molar-refractivity contribution is 0.0734. The van der Waals surface area contributed by atoms with Crippen LogP contribution in [0.25, 0.3) is 11.3 Å². The van der Waals surface area contributed by atoms with Crippen molar-refractivity contribution < 1.29 is 14.0 Å². The number of hydrogen-bond acceptors (Lipinski definition) is 3. The second kappa shape index (κ2) is 7.93. The lowest BCUT2D eigenvalue weighted by Crippen LogP contribution is -2.35. The van der Waals surface area contributed by atoms with Gasteiger partial charge in [0.2, 0.25) is 0 Å². The van der Waals surface area contributed by atoms with E-state index >= 15 is 0 Å². The average molecular weight is 395 g/mol. The largest absolute Gasteiger partial charge is 0.349 e. The number of benzene rings is 1. The van der Waals surface area contributed by atoms with Crippen LogP contribution in [0.15, 0.2) is 30.5 Å². The van der Waals surface area contributed by atoms with Crippen molar-refractivity contribution in [1.82, 2.24) is 15.2 Å². The standard InChI is InChI=1S/C23H26FN3O2/c1-14-19(11-16(12-20(14)24)22(28)26-17-8-9-17)21-10-7-15(13-25-21)23(29)27(2)18-5-3-4-6-18/h7,10-13,17-18H,3-6,8-9H2,1-2H3,(H,26,28). The van der Waals surface area contributed by atoms with Gasteiger partial charge in [-0.15, -0.1) is 0 Å². The first-order valence-electron chi connectivity index (χ1n) is 10.3. The van der Waals surface area contributed by atoms with E-state index in [4.69, 9.17) is 0 Å². The smallest absolute Gasteiger partial charge is 0.255 e. The third kappa shape index (κ3) is 4.16. The van der Waals surface area contributed by atoms with E-state index in [-0.39, 0.29) is 23.4 Å². The van der Waals surface area contributed by atoms with Crippen LogP contribution >= 0.6 is 0 Å². The van der Waals surface area contributed by atoms with E-state index < -0.39 is 5.82 Å². The van der Waals surface area contributed by atoms with E-state index in [0.717, 1.165) is 38.5 Å². The van der Waals surface area contributed by atoms with Gasteiger partial charge >= 0.3 is 0 Å². The van der Waals surface area contributed by atoms with Gasteiger partial charge in [0.1, 0.15) is 5.82 Å². The minimum Gasteiger partial charge on any atom is -0.349 e. The third-order valence-corrected chi connectivity index (χ3v) is 6.00. The Bertz CT molecular complexity index is 932. The summed E-state index contributed by atoms with van der Waals surface area (Å²) in [5, 5.41) is 2.88. The molecule has 1 aromatic heterocycles. The summed E-state index contributed by atoms with van der Waals surface area (Å²) in [5.74, 6) is -0.750. The van der Waals surface area contributed by atoms with Crippen molar-refractivity contribution >= 4 is 11.8 Å². The molecule has 0 bridgehead atoms. The fourth-order valence-electron chi connectivity index (χ4n) is 3.91. The highest BCUT2D eigenvalue weighted by molar-refractivity contribution is 5.96. The van der Waals surface area contributed by atoms with Crippen LogP contribution in [0.4, 0.5) is 4.39 Å². The third-order valence-electron chi connectivity index (χ3n) is 6.00. The molecule has 0 atom stereocenters. The van der Waals surface area contributed by atoms with Gasteiger partial charge in [-0.1, -0.05) is 12.8 Å². The maximum Gasteiger partial charge on any atom is 0.255 e. The highest BCUT2D eigenvalue weighted by Gasteiger charge is 2.26. The molecule has 4 rings (SSSR count). The first-order valence-corrected chi connectivity index (χ1v) is 10.3. The molecule has 6 heteroatoms. The number of pyridine rings is 1. The van der Waals surface area contributed by atoms with E-state index in [1.54, 1.807) is 30.0 Å². The molecule has 1 heterocycles. The molecule has 2 aliphatic carbocycles. The van der Waals surface area contributed by atoms with Crippen molar-refractivity contribution in [1.29, 1.82) is 0 Å². The van der Waals surface area contributed by atoms with Crippen LogP contribution in [0, 0.1) is 12.7 Å². The molecule has 2 aromatic rings. The van der Waals surface area contributed by atoms with Crippen LogP contribution in [0.3, 0.4) is 0 Å². The second-order valence-electron chi connectivity index (χ2n) is 8.16. The van der Waals surface area contributed by atoms with Crippen molar-refractivity contribution in [2.75, 3.05) is 7.05 Å². The normalized spacial score (nSPS) is 16.7. The Morgan fingerprint density at radius 2 is 1.83 bits per heavy atom. The molecule has 0 saturated heterocycles. The topological polar surface area (TPSA) is 62.3 Å². The zero-order chi connectivity index (χ0) is 20.5. The van der Waals surface area contributed by atoms with Crippen LogP contribution in [0.5, 0.6) is 0 Å². The van der Waals surface area contributed by atoms with Crippen LogP contribution in [0.1, 0.15) is 64.8 Å². The summed E-state index contributed by atoms with van der Waals surface area (Å²) in [4.78, 5) is 31.3. The first-order chi connectivity index (χ1) is 13.9. The fourth-order valence-corrected chi connectivity index (χ4v) is 3.91. The average Bonchev–Trinajstić information content (AvgIpc) is 3.37. The van der Waals surface area contributed by atoms with Gasteiger partial charge in [-0.05, 0) is 62.4 Å². The number of carbonyl (C=O) groups excluding carboxylic acids is 2. The van der Waals surface area contributed by atoms with Crippen LogP contribution < -0.4 is 5.32 Å². The molecule has 2 amide bonds. The number of halogens is 1. The number of nitrogens with zero attached hydrogens (tertiary/aromatic N) is 2. The molecule has 29 heavy (non-hydrogen) atoms. The molecule has 0 unspecified atom stereocenters. The molecule has 2 saturated carbocycles. The van der Waals surface area contributed by atoms with Crippen molar-refractivity contribution in [3.63, 3.8) is 0 Å². The molecule has 0 radical (unpaired) electrons. The molecular weight excluding hydrogens is 369 g/mol. The molecular formula is C23H26FN3O2. The highest BCUT2D eigenvalue weighted by atomic mass is 19.1. The summed E-state index contributed by atoms with van der Waals surface area (Å²) in [6.45, 7) is 1.67. The van der Waals surface area contributed by atoms with E-state index in [1.807, 2.05) is 7.05 Å². The molecule has 5 nitrogen and oxygen atoms in total. The molecule has 2 fully saturated rings. The molecule has 1 aromatic carbocycles. The monoisotopic (exact) mass is 395 g/mol. The van der Waals surface area contributed by atoms with Gasteiger partial charge in [0.15, 0.2) is 0 Å². The van der Waals surface area contributed by atoms with Crippen LogP contribution in [-0.4, -0.2) is 40.8 Å². The van der Waals surface area contributed by atoms with Crippen molar-refractivity contribution in [3.8, 4) is 11.3 Å². The number of aromatic nitrogens is 1. The van der Waals surface area contributed by atoms with E-state index in [1.165, 1.54) is 12.3 Å². The van der Waals surface area contributed by atoms with Gasteiger partial charge < -0.3 is 10.2 Å². The maximum atomic E-state index is 14.5. The maximum absolute atomic E-state index is 14.5. The van der Waals surface area contributed by atoms with Gasteiger partial charge in [-0.2, -0.15) is 0 Å². The predicted molar refractivity (Wildman–Crippen MR) is 109 cm³/mol. The lowest BCUT2D eigenvalue weighted by atomic mass is 10.00. The van der Waals surface area contributed by atoms with Gasteiger partial charge in [0, 0.05) is 36.5 Å². The number of amides is 2. The summed E-state index contributed by atoms with van der Waals surface area (Å²) in [6, 6.07) is 6.89. The Morgan fingerprint density at radius 1 is 1.10 bits per heavy atom. The Hall–Kier alpha value is -2.76.